The third kappa shape index (κ3) is 2.90. The van der Waals surface area contributed by atoms with Gasteiger partial charge in [-0.3, -0.25) is 0 Å². The number of aryl methyl sites for hydroxylation is 1. The largest absolute Gasteiger partial charge is 0.378 e. The zero-order valence-electron chi connectivity index (χ0n) is 12.4. The quantitative estimate of drug-likeness (QED) is 0.824. The Kier molecular flexibility index (Phi) is 3.79. The van der Waals surface area contributed by atoms with Crippen LogP contribution in [-0.4, -0.2) is 28.2 Å². The Labute approximate surface area is 116 Å². The lowest BCUT2D eigenvalue weighted by atomic mass is 9.99. The summed E-state index contributed by atoms with van der Waals surface area (Å²) in [4.78, 5) is 4.23. The molecule has 0 atom stereocenters. The van der Waals surface area contributed by atoms with Crippen LogP contribution in [0, 0.1) is 13.0 Å². The topological polar surface area (TPSA) is 6.48 Å². The zero-order valence-corrected chi connectivity index (χ0v) is 12.4. The van der Waals surface area contributed by atoms with Crippen molar-refractivity contribution in [3.8, 4) is 11.1 Å². The first-order chi connectivity index (χ1) is 8.99. The maximum atomic E-state index is 3.33. The van der Waals surface area contributed by atoms with Gasteiger partial charge in [0.1, 0.15) is 0 Å². The predicted molar refractivity (Wildman–Crippen MR) is 84.1 cm³/mol. The minimum absolute atomic E-state index is 1.15. The van der Waals surface area contributed by atoms with E-state index in [0.717, 1.165) is 5.56 Å². The molecular weight excluding hydrogens is 232 g/mol. The average molecular weight is 253 g/mol. The Morgan fingerprint density at radius 3 is 2.05 bits per heavy atom. The molecule has 0 fully saturated rings. The van der Waals surface area contributed by atoms with Crippen molar-refractivity contribution in [3.63, 3.8) is 0 Å². The molecule has 0 N–H and O–H groups in total. The highest BCUT2D eigenvalue weighted by Crippen LogP contribution is 2.28. The van der Waals surface area contributed by atoms with Gasteiger partial charge in [0.05, 0.1) is 0 Å². The summed E-state index contributed by atoms with van der Waals surface area (Å²) >= 11 is 0. The first-order valence-corrected chi connectivity index (χ1v) is 6.46. The summed E-state index contributed by atoms with van der Waals surface area (Å²) in [5.74, 6) is 0. The molecule has 0 bridgehead atoms. The first kappa shape index (κ1) is 13.5. The van der Waals surface area contributed by atoms with E-state index < -0.39 is 0 Å². The van der Waals surface area contributed by atoms with E-state index in [1.165, 1.54) is 22.5 Å². The molecule has 0 aliphatic carbocycles. The van der Waals surface area contributed by atoms with E-state index in [0.29, 0.717) is 0 Å². The highest BCUT2D eigenvalue weighted by molar-refractivity contribution is 5.72. The van der Waals surface area contributed by atoms with Crippen molar-refractivity contribution < 1.29 is 0 Å². The maximum absolute atomic E-state index is 3.33. The van der Waals surface area contributed by atoms with Crippen LogP contribution in [0.5, 0.6) is 0 Å². The van der Waals surface area contributed by atoms with E-state index in [-0.39, 0.29) is 0 Å². The number of hydrogen-bond donors (Lipinski definition) is 0. The van der Waals surface area contributed by atoms with Gasteiger partial charge in [-0.25, -0.2) is 0 Å². The first-order valence-electron chi connectivity index (χ1n) is 6.46. The van der Waals surface area contributed by atoms with Crippen molar-refractivity contribution in [1.82, 2.24) is 0 Å². The van der Waals surface area contributed by atoms with E-state index in [1.807, 2.05) is 6.07 Å². The van der Waals surface area contributed by atoms with Gasteiger partial charge in [-0.15, -0.1) is 0 Å². The molecule has 0 amide bonds. The second-order valence-corrected chi connectivity index (χ2v) is 5.25. The van der Waals surface area contributed by atoms with E-state index in [1.54, 1.807) is 0 Å². The fraction of sp³-hybridized carbons (Fsp3) is 0.294. The van der Waals surface area contributed by atoms with Gasteiger partial charge < -0.3 is 9.80 Å². The fourth-order valence-corrected chi connectivity index (χ4v) is 2.12. The third-order valence-electron chi connectivity index (χ3n) is 3.32. The molecule has 0 unspecified atom stereocenters. The molecule has 2 aromatic rings. The lowest BCUT2D eigenvalue weighted by Crippen LogP contribution is -2.09. The Balaban J connectivity index is 2.44. The van der Waals surface area contributed by atoms with Crippen LogP contribution in [0.3, 0.4) is 0 Å². The van der Waals surface area contributed by atoms with Gasteiger partial charge in [0.2, 0.25) is 0 Å². The molecule has 2 rings (SSSR count). The molecule has 0 heterocycles. The Morgan fingerprint density at radius 1 is 0.842 bits per heavy atom. The normalized spacial score (nSPS) is 10.4. The van der Waals surface area contributed by atoms with Gasteiger partial charge in [0, 0.05) is 39.6 Å². The van der Waals surface area contributed by atoms with Crippen LogP contribution in [0.4, 0.5) is 11.4 Å². The van der Waals surface area contributed by atoms with E-state index in [2.05, 4.69) is 81.3 Å². The molecule has 0 spiro atoms. The molecule has 0 aromatic heterocycles. The van der Waals surface area contributed by atoms with Gasteiger partial charge in [-0.2, -0.15) is 0 Å². The van der Waals surface area contributed by atoms with E-state index >= 15 is 0 Å². The summed E-state index contributed by atoms with van der Waals surface area (Å²) in [5, 5.41) is 0. The highest BCUT2D eigenvalue weighted by Gasteiger charge is 2.06. The summed E-state index contributed by atoms with van der Waals surface area (Å²) in [6.07, 6.45) is 0. The van der Waals surface area contributed by atoms with Gasteiger partial charge in [0.15, 0.2) is 0 Å². The molecule has 0 saturated carbocycles. The second kappa shape index (κ2) is 5.35. The van der Waals surface area contributed by atoms with Gasteiger partial charge in [-0.1, -0.05) is 12.1 Å². The van der Waals surface area contributed by atoms with Gasteiger partial charge >= 0.3 is 0 Å². The van der Waals surface area contributed by atoms with Crippen molar-refractivity contribution in [2.75, 3.05) is 38.0 Å². The molecule has 1 radical (unpaired) electrons. The van der Waals surface area contributed by atoms with Crippen molar-refractivity contribution in [1.29, 1.82) is 0 Å². The van der Waals surface area contributed by atoms with Gasteiger partial charge in [0.25, 0.3) is 0 Å². The molecule has 2 nitrogen and oxygen atoms in total. The van der Waals surface area contributed by atoms with Crippen LogP contribution in [0.2, 0.25) is 0 Å². The minimum Gasteiger partial charge on any atom is -0.378 e. The highest BCUT2D eigenvalue weighted by atomic mass is 15.1. The lowest BCUT2D eigenvalue weighted by Gasteiger charge is -2.17. The summed E-state index contributed by atoms with van der Waals surface area (Å²) in [6.45, 7) is 2.15. The number of anilines is 2. The van der Waals surface area contributed by atoms with E-state index in [4.69, 9.17) is 0 Å². The number of benzene rings is 2. The standard InChI is InChI=1S/C17H21N2/c1-13-11-16(19(4)5)9-10-17(13)14-7-6-8-15(12-14)18(2)3/h6,8-12H,1-5H3. The number of hydrogen-bond acceptors (Lipinski definition) is 2. The predicted octanol–water partition coefficient (Wildman–Crippen LogP) is 3.59. The SMILES string of the molecule is Cc1cc(N(C)C)ccc1-c1[c]ccc(N(C)C)c1. The van der Waals surface area contributed by atoms with Crippen LogP contribution in [0.25, 0.3) is 11.1 Å². The van der Waals surface area contributed by atoms with Crippen molar-refractivity contribution in [3.05, 3.63) is 48.0 Å². The monoisotopic (exact) mass is 253 g/mol. The average Bonchev–Trinajstić information content (AvgIpc) is 2.38. The Hall–Kier alpha value is -1.96. The Morgan fingerprint density at radius 2 is 1.47 bits per heavy atom. The molecular formula is C17H21N2. The molecule has 0 saturated heterocycles. The summed E-state index contributed by atoms with van der Waals surface area (Å²) in [7, 11) is 8.24. The maximum Gasteiger partial charge on any atom is 0.0367 e. The number of nitrogens with zero attached hydrogens (tertiary/aromatic N) is 2. The van der Waals surface area contributed by atoms with Gasteiger partial charge in [-0.05, 0) is 53.9 Å². The van der Waals surface area contributed by atoms with Crippen molar-refractivity contribution in [2.45, 2.75) is 6.92 Å². The van der Waals surface area contributed by atoms with Crippen LogP contribution in [0.15, 0.2) is 36.4 Å². The summed E-state index contributed by atoms with van der Waals surface area (Å²) in [5.41, 5.74) is 6.09. The molecule has 19 heavy (non-hydrogen) atoms. The molecule has 99 valence electrons. The lowest BCUT2D eigenvalue weighted by molar-refractivity contribution is 1.13. The smallest absolute Gasteiger partial charge is 0.0367 e. The molecule has 0 aliphatic heterocycles. The number of rotatable bonds is 3. The van der Waals surface area contributed by atoms with E-state index in [9.17, 15) is 0 Å². The van der Waals surface area contributed by atoms with Crippen LogP contribution in [-0.2, 0) is 0 Å². The van der Waals surface area contributed by atoms with Crippen LogP contribution >= 0.6 is 0 Å². The van der Waals surface area contributed by atoms with Crippen molar-refractivity contribution in [2.24, 2.45) is 0 Å². The molecule has 0 aliphatic rings. The fourth-order valence-electron chi connectivity index (χ4n) is 2.12. The Bertz CT molecular complexity index is 571. The van der Waals surface area contributed by atoms with Crippen molar-refractivity contribution >= 4 is 11.4 Å². The summed E-state index contributed by atoms with van der Waals surface area (Å²) in [6, 6.07) is 16.1. The third-order valence-corrected chi connectivity index (χ3v) is 3.32. The summed E-state index contributed by atoms with van der Waals surface area (Å²) < 4.78 is 0. The zero-order chi connectivity index (χ0) is 14.0. The second-order valence-electron chi connectivity index (χ2n) is 5.25. The molecule has 2 aromatic carbocycles. The molecule has 2 heteroatoms. The van der Waals surface area contributed by atoms with Crippen LogP contribution in [0.1, 0.15) is 5.56 Å². The minimum atomic E-state index is 1.15. The van der Waals surface area contributed by atoms with Crippen LogP contribution < -0.4 is 9.80 Å².